The van der Waals surface area contributed by atoms with E-state index < -0.39 is 0 Å². The Morgan fingerprint density at radius 2 is 1.76 bits per heavy atom. The van der Waals surface area contributed by atoms with E-state index in [0.29, 0.717) is 24.9 Å². The number of piperazine rings is 1. The summed E-state index contributed by atoms with van der Waals surface area (Å²) < 4.78 is 16.4. The Labute approximate surface area is 170 Å². The molecule has 1 aliphatic heterocycles. The fourth-order valence-corrected chi connectivity index (χ4v) is 3.51. The molecule has 2 aromatic carbocycles. The van der Waals surface area contributed by atoms with Crippen molar-refractivity contribution in [2.45, 2.75) is 13.5 Å². The van der Waals surface area contributed by atoms with Crippen LogP contribution >= 0.6 is 0 Å². The van der Waals surface area contributed by atoms with Gasteiger partial charge in [-0.15, -0.1) is 0 Å². The summed E-state index contributed by atoms with van der Waals surface area (Å²) in [6.45, 7) is 7.12. The van der Waals surface area contributed by atoms with Crippen LogP contribution < -0.4 is 14.4 Å². The predicted octanol–water partition coefficient (Wildman–Crippen LogP) is 3.47. The molecular formula is C22H26N4O3. The van der Waals surface area contributed by atoms with E-state index in [-0.39, 0.29) is 0 Å². The summed E-state index contributed by atoms with van der Waals surface area (Å²) in [5.41, 5.74) is 2.05. The van der Waals surface area contributed by atoms with Gasteiger partial charge in [0, 0.05) is 31.7 Å². The van der Waals surface area contributed by atoms with E-state index >= 15 is 0 Å². The van der Waals surface area contributed by atoms with E-state index in [1.807, 2.05) is 43.3 Å². The number of ether oxygens (including phenoxy) is 2. The number of methoxy groups -OCH3 is 1. The maximum absolute atomic E-state index is 5.78. The Bertz CT molecular complexity index is 918. The molecular weight excluding hydrogens is 368 g/mol. The predicted molar refractivity (Wildman–Crippen MR) is 111 cm³/mol. The molecule has 4 rings (SSSR count). The second-order valence-corrected chi connectivity index (χ2v) is 6.91. The number of nitrogens with zero attached hydrogens (tertiary/aromatic N) is 4. The van der Waals surface area contributed by atoms with Gasteiger partial charge in [-0.3, -0.25) is 4.90 Å². The first-order valence-electron chi connectivity index (χ1n) is 9.93. The summed E-state index contributed by atoms with van der Waals surface area (Å²) in [5.74, 6) is 2.99. The molecule has 1 saturated heterocycles. The molecule has 3 aromatic rings. The lowest BCUT2D eigenvalue weighted by Gasteiger charge is -2.36. The van der Waals surface area contributed by atoms with Crippen LogP contribution in [0.15, 0.2) is 53.1 Å². The number of benzene rings is 2. The van der Waals surface area contributed by atoms with Crippen molar-refractivity contribution in [3.05, 3.63) is 54.4 Å². The minimum absolute atomic E-state index is 0.534. The standard InChI is InChI=1S/C22H26N4O3/c1-3-28-20-7-5-4-6-19(20)26-14-12-25(13-15-26)16-21-23-22(29-24-21)17-8-10-18(27-2)11-9-17/h4-11H,3,12-16H2,1-2H3. The second kappa shape index (κ2) is 8.96. The molecule has 2 heterocycles. The van der Waals surface area contributed by atoms with E-state index in [9.17, 15) is 0 Å². The molecule has 0 spiro atoms. The second-order valence-electron chi connectivity index (χ2n) is 6.91. The van der Waals surface area contributed by atoms with Crippen molar-refractivity contribution >= 4 is 5.69 Å². The highest BCUT2D eigenvalue weighted by Crippen LogP contribution is 2.29. The average Bonchev–Trinajstić information content (AvgIpc) is 3.23. The third-order valence-corrected chi connectivity index (χ3v) is 5.05. The molecule has 0 saturated carbocycles. The Kier molecular flexibility index (Phi) is 5.95. The van der Waals surface area contributed by atoms with Crippen LogP contribution in [0.5, 0.6) is 11.5 Å². The van der Waals surface area contributed by atoms with Crippen LogP contribution in [0.2, 0.25) is 0 Å². The van der Waals surface area contributed by atoms with Crippen LogP contribution in [0.1, 0.15) is 12.7 Å². The number of para-hydroxylation sites is 2. The number of hydrogen-bond donors (Lipinski definition) is 0. The largest absolute Gasteiger partial charge is 0.497 e. The highest BCUT2D eigenvalue weighted by Gasteiger charge is 2.21. The number of aromatic nitrogens is 2. The summed E-state index contributed by atoms with van der Waals surface area (Å²) in [7, 11) is 1.65. The van der Waals surface area contributed by atoms with Crippen molar-refractivity contribution in [2.24, 2.45) is 0 Å². The number of hydrogen-bond acceptors (Lipinski definition) is 7. The molecule has 1 aliphatic rings. The van der Waals surface area contributed by atoms with Gasteiger partial charge in [0.15, 0.2) is 5.82 Å². The maximum atomic E-state index is 5.78. The van der Waals surface area contributed by atoms with Gasteiger partial charge in [0.1, 0.15) is 11.5 Å². The smallest absolute Gasteiger partial charge is 0.257 e. The van der Waals surface area contributed by atoms with Gasteiger partial charge in [0.05, 0.1) is 25.9 Å². The molecule has 0 bridgehead atoms. The lowest BCUT2D eigenvalue weighted by Crippen LogP contribution is -2.46. The molecule has 0 amide bonds. The van der Waals surface area contributed by atoms with Crippen LogP contribution in [0, 0.1) is 0 Å². The average molecular weight is 394 g/mol. The van der Waals surface area contributed by atoms with Gasteiger partial charge < -0.3 is 18.9 Å². The zero-order valence-electron chi connectivity index (χ0n) is 16.9. The number of anilines is 1. The van der Waals surface area contributed by atoms with E-state index in [0.717, 1.165) is 48.9 Å². The zero-order valence-corrected chi connectivity index (χ0v) is 16.9. The molecule has 1 aromatic heterocycles. The Morgan fingerprint density at radius 1 is 1.00 bits per heavy atom. The monoisotopic (exact) mass is 394 g/mol. The van der Waals surface area contributed by atoms with Crippen LogP contribution in [-0.2, 0) is 6.54 Å². The summed E-state index contributed by atoms with van der Waals surface area (Å²) in [6.07, 6.45) is 0. The van der Waals surface area contributed by atoms with Crippen LogP contribution in [0.4, 0.5) is 5.69 Å². The normalized spacial score (nSPS) is 14.8. The first-order valence-corrected chi connectivity index (χ1v) is 9.93. The SMILES string of the molecule is CCOc1ccccc1N1CCN(Cc2noc(-c3ccc(OC)cc3)n2)CC1. The van der Waals surface area contributed by atoms with Crippen molar-refractivity contribution in [3.8, 4) is 23.0 Å². The van der Waals surface area contributed by atoms with Crippen LogP contribution in [0.25, 0.3) is 11.5 Å². The molecule has 0 N–H and O–H groups in total. The Balaban J connectivity index is 1.35. The van der Waals surface area contributed by atoms with Gasteiger partial charge in [-0.2, -0.15) is 4.98 Å². The Morgan fingerprint density at radius 3 is 2.48 bits per heavy atom. The van der Waals surface area contributed by atoms with Crippen molar-refractivity contribution in [3.63, 3.8) is 0 Å². The molecule has 1 fully saturated rings. The van der Waals surface area contributed by atoms with Gasteiger partial charge >= 0.3 is 0 Å². The van der Waals surface area contributed by atoms with E-state index in [1.165, 1.54) is 0 Å². The lowest BCUT2D eigenvalue weighted by molar-refractivity contribution is 0.239. The van der Waals surface area contributed by atoms with Gasteiger partial charge in [-0.05, 0) is 43.3 Å². The molecule has 0 atom stereocenters. The summed E-state index contributed by atoms with van der Waals surface area (Å²) >= 11 is 0. The van der Waals surface area contributed by atoms with E-state index in [2.05, 4.69) is 32.1 Å². The molecule has 29 heavy (non-hydrogen) atoms. The maximum Gasteiger partial charge on any atom is 0.257 e. The summed E-state index contributed by atoms with van der Waals surface area (Å²) in [5, 5.41) is 4.15. The summed E-state index contributed by atoms with van der Waals surface area (Å²) in [6, 6.07) is 15.9. The first-order chi connectivity index (χ1) is 14.3. The van der Waals surface area contributed by atoms with Crippen LogP contribution in [-0.4, -0.2) is 54.9 Å². The molecule has 0 aliphatic carbocycles. The fraction of sp³-hybridized carbons (Fsp3) is 0.364. The van der Waals surface area contributed by atoms with Crippen molar-refractivity contribution in [1.82, 2.24) is 15.0 Å². The zero-order chi connectivity index (χ0) is 20.1. The van der Waals surface area contributed by atoms with Crippen molar-refractivity contribution in [2.75, 3.05) is 44.8 Å². The minimum atomic E-state index is 0.534. The third-order valence-electron chi connectivity index (χ3n) is 5.05. The van der Waals surface area contributed by atoms with Gasteiger partial charge in [0.25, 0.3) is 5.89 Å². The third kappa shape index (κ3) is 4.51. The van der Waals surface area contributed by atoms with Gasteiger partial charge in [-0.1, -0.05) is 17.3 Å². The van der Waals surface area contributed by atoms with Crippen molar-refractivity contribution in [1.29, 1.82) is 0 Å². The Hall–Kier alpha value is -3.06. The minimum Gasteiger partial charge on any atom is -0.497 e. The molecule has 0 radical (unpaired) electrons. The molecule has 152 valence electrons. The van der Waals surface area contributed by atoms with Gasteiger partial charge in [-0.25, -0.2) is 0 Å². The topological polar surface area (TPSA) is 63.9 Å². The summed E-state index contributed by atoms with van der Waals surface area (Å²) in [4.78, 5) is 9.28. The fourth-order valence-electron chi connectivity index (χ4n) is 3.51. The molecule has 7 heteroatoms. The van der Waals surface area contributed by atoms with Crippen LogP contribution in [0.3, 0.4) is 0 Å². The molecule has 0 unspecified atom stereocenters. The van der Waals surface area contributed by atoms with Gasteiger partial charge in [0.2, 0.25) is 0 Å². The highest BCUT2D eigenvalue weighted by atomic mass is 16.5. The first kappa shape index (κ1) is 19.3. The van der Waals surface area contributed by atoms with Crippen molar-refractivity contribution < 1.29 is 14.0 Å². The number of rotatable bonds is 7. The van der Waals surface area contributed by atoms with E-state index in [1.54, 1.807) is 7.11 Å². The van der Waals surface area contributed by atoms with E-state index in [4.69, 9.17) is 14.0 Å². The quantitative estimate of drug-likeness (QED) is 0.608. The highest BCUT2D eigenvalue weighted by molar-refractivity contribution is 5.58. The lowest BCUT2D eigenvalue weighted by atomic mass is 10.2. The molecule has 7 nitrogen and oxygen atoms in total.